The maximum Gasteiger partial charge on any atom is 0.309 e. The molecule has 1 amide bonds. The van der Waals surface area contributed by atoms with Gasteiger partial charge in [-0.25, -0.2) is 8.42 Å². The van der Waals surface area contributed by atoms with E-state index >= 15 is 0 Å². The number of amides is 1. The summed E-state index contributed by atoms with van der Waals surface area (Å²) in [5.74, 6) is -1.46. The van der Waals surface area contributed by atoms with Gasteiger partial charge in [0.2, 0.25) is 10.0 Å². The molecule has 0 bridgehead atoms. The summed E-state index contributed by atoms with van der Waals surface area (Å²) in [4.78, 5) is 23.5. The molecule has 0 aliphatic carbocycles. The third-order valence-corrected chi connectivity index (χ3v) is 7.02. The highest BCUT2D eigenvalue weighted by atomic mass is 32.2. The molecular weight excluding hydrogens is 368 g/mol. The van der Waals surface area contributed by atoms with Gasteiger partial charge in [-0.1, -0.05) is 0 Å². The first-order chi connectivity index (χ1) is 11.7. The van der Waals surface area contributed by atoms with E-state index in [-0.39, 0.29) is 35.8 Å². The molecule has 1 aliphatic heterocycles. The fraction of sp³-hybridized carbons (Fsp3) is 0.600. The molecule has 2 N–H and O–H groups in total. The zero-order valence-electron chi connectivity index (χ0n) is 14.1. The lowest BCUT2D eigenvalue weighted by molar-refractivity contribution is -0.147. The second kappa shape index (κ2) is 7.81. The lowest BCUT2D eigenvalue weighted by Gasteiger charge is -2.26. The van der Waals surface area contributed by atoms with E-state index in [2.05, 4.69) is 5.32 Å². The third kappa shape index (κ3) is 4.57. The molecule has 0 aromatic carbocycles. The van der Waals surface area contributed by atoms with Gasteiger partial charge in [-0.05, 0) is 31.7 Å². The standard InChI is InChI=1S/C15H22N2O6S2/c1-15(2,14(19)20)4-5-16-13(18)12-11(3-10-24-12)25(21,22)17-6-8-23-9-7-17/h3,10H,4-9H2,1-2H3,(H,16,18)(H,19,20). The van der Waals surface area contributed by atoms with E-state index < -0.39 is 27.3 Å². The van der Waals surface area contributed by atoms with Crippen LogP contribution in [0.1, 0.15) is 29.9 Å². The predicted octanol–water partition coefficient (Wildman–Crippen LogP) is 1.000. The molecule has 8 nitrogen and oxygen atoms in total. The summed E-state index contributed by atoms with van der Waals surface area (Å²) in [6.45, 7) is 4.46. The summed E-state index contributed by atoms with van der Waals surface area (Å²) >= 11 is 1.05. The Hall–Kier alpha value is -1.49. The van der Waals surface area contributed by atoms with Crippen LogP contribution in [0.25, 0.3) is 0 Å². The predicted molar refractivity (Wildman–Crippen MR) is 92.3 cm³/mol. The summed E-state index contributed by atoms with van der Waals surface area (Å²) in [7, 11) is -3.75. The van der Waals surface area contributed by atoms with Crippen LogP contribution in [-0.4, -0.2) is 62.6 Å². The van der Waals surface area contributed by atoms with Crippen LogP contribution in [-0.2, 0) is 19.6 Å². The zero-order valence-corrected chi connectivity index (χ0v) is 15.8. The van der Waals surface area contributed by atoms with Gasteiger partial charge in [-0.15, -0.1) is 11.3 Å². The molecule has 0 spiro atoms. The molecule has 1 aromatic heterocycles. The molecule has 10 heteroatoms. The van der Waals surface area contributed by atoms with Crippen LogP contribution in [0.4, 0.5) is 0 Å². The topological polar surface area (TPSA) is 113 Å². The van der Waals surface area contributed by atoms with Crippen LogP contribution in [0, 0.1) is 5.41 Å². The number of sulfonamides is 1. The number of thiophene rings is 1. The quantitative estimate of drug-likeness (QED) is 0.718. The van der Waals surface area contributed by atoms with Crippen molar-refractivity contribution >= 4 is 33.2 Å². The van der Waals surface area contributed by atoms with Crippen LogP contribution in [0.2, 0.25) is 0 Å². The Morgan fingerprint density at radius 1 is 1.36 bits per heavy atom. The Kier molecular flexibility index (Phi) is 6.20. The van der Waals surface area contributed by atoms with E-state index in [9.17, 15) is 18.0 Å². The minimum absolute atomic E-state index is 0.0191. The molecule has 1 aliphatic rings. The summed E-state index contributed by atoms with van der Waals surface area (Å²) in [5, 5.41) is 13.3. The Bertz CT molecular complexity index is 735. The number of hydrogen-bond donors (Lipinski definition) is 2. The van der Waals surface area contributed by atoms with Crippen molar-refractivity contribution in [3.8, 4) is 0 Å². The first-order valence-electron chi connectivity index (χ1n) is 7.83. The van der Waals surface area contributed by atoms with E-state index in [0.717, 1.165) is 11.3 Å². The largest absolute Gasteiger partial charge is 0.481 e. The van der Waals surface area contributed by atoms with Crippen molar-refractivity contribution in [2.45, 2.75) is 25.2 Å². The minimum atomic E-state index is -3.75. The molecule has 25 heavy (non-hydrogen) atoms. The zero-order chi connectivity index (χ0) is 18.7. The molecule has 1 fully saturated rings. The molecule has 0 atom stereocenters. The normalized spacial score (nSPS) is 16.6. The smallest absolute Gasteiger partial charge is 0.309 e. The lowest BCUT2D eigenvalue weighted by Crippen LogP contribution is -2.41. The van der Waals surface area contributed by atoms with Crippen LogP contribution < -0.4 is 5.32 Å². The van der Waals surface area contributed by atoms with Crippen molar-refractivity contribution in [2.75, 3.05) is 32.8 Å². The molecule has 0 unspecified atom stereocenters. The fourth-order valence-corrected chi connectivity index (χ4v) is 4.99. The molecule has 2 heterocycles. The van der Waals surface area contributed by atoms with E-state index in [1.807, 2.05) is 0 Å². The second-order valence-electron chi connectivity index (χ2n) is 6.33. The number of nitrogens with zero attached hydrogens (tertiary/aromatic N) is 1. The van der Waals surface area contributed by atoms with Gasteiger partial charge in [0.1, 0.15) is 9.77 Å². The Balaban J connectivity index is 2.07. The van der Waals surface area contributed by atoms with Gasteiger partial charge in [0.15, 0.2) is 0 Å². The van der Waals surface area contributed by atoms with Gasteiger partial charge in [-0.3, -0.25) is 9.59 Å². The average Bonchev–Trinajstić information content (AvgIpc) is 3.06. The van der Waals surface area contributed by atoms with Gasteiger partial charge < -0.3 is 15.2 Å². The number of hydrogen-bond acceptors (Lipinski definition) is 6. The third-order valence-electron chi connectivity index (χ3n) is 4.04. The van der Waals surface area contributed by atoms with E-state index in [0.29, 0.717) is 13.2 Å². The summed E-state index contributed by atoms with van der Waals surface area (Å²) in [5.41, 5.74) is -0.967. The van der Waals surface area contributed by atoms with Crippen LogP contribution in [0.15, 0.2) is 16.3 Å². The van der Waals surface area contributed by atoms with Gasteiger partial charge >= 0.3 is 5.97 Å². The van der Waals surface area contributed by atoms with Gasteiger partial charge in [0, 0.05) is 19.6 Å². The van der Waals surface area contributed by atoms with Crippen molar-refractivity contribution < 1.29 is 27.9 Å². The maximum atomic E-state index is 12.7. The number of rotatable bonds is 7. The van der Waals surface area contributed by atoms with E-state index in [1.54, 1.807) is 19.2 Å². The maximum absolute atomic E-state index is 12.7. The first kappa shape index (κ1) is 19.8. The van der Waals surface area contributed by atoms with Crippen molar-refractivity contribution in [3.63, 3.8) is 0 Å². The molecular formula is C15H22N2O6S2. The molecule has 0 radical (unpaired) electrons. The number of morpholine rings is 1. The number of ether oxygens (including phenoxy) is 1. The number of carbonyl (C=O) groups excluding carboxylic acids is 1. The number of aliphatic carboxylic acids is 1. The highest BCUT2D eigenvalue weighted by Crippen LogP contribution is 2.26. The lowest BCUT2D eigenvalue weighted by atomic mass is 9.90. The van der Waals surface area contributed by atoms with Crippen molar-refractivity contribution in [1.82, 2.24) is 9.62 Å². The van der Waals surface area contributed by atoms with Crippen molar-refractivity contribution in [3.05, 3.63) is 16.3 Å². The molecule has 1 saturated heterocycles. The number of carbonyl (C=O) groups is 2. The Labute approximate surface area is 150 Å². The second-order valence-corrected chi connectivity index (χ2v) is 9.15. The molecule has 140 valence electrons. The van der Waals surface area contributed by atoms with Gasteiger partial charge in [0.25, 0.3) is 5.91 Å². The van der Waals surface area contributed by atoms with Crippen LogP contribution >= 0.6 is 11.3 Å². The van der Waals surface area contributed by atoms with E-state index in [1.165, 1.54) is 10.4 Å². The fourth-order valence-electron chi connectivity index (χ4n) is 2.27. The van der Waals surface area contributed by atoms with Crippen molar-refractivity contribution in [1.29, 1.82) is 0 Å². The highest BCUT2D eigenvalue weighted by molar-refractivity contribution is 7.89. The highest BCUT2D eigenvalue weighted by Gasteiger charge is 2.32. The Morgan fingerprint density at radius 2 is 2.00 bits per heavy atom. The first-order valence-corrected chi connectivity index (χ1v) is 10.2. The summed E-state index contributed by atoms with van der Waals surface area (Å²) in [6, 6.07) is 1.42. The minimum Gasteiger partial charge on any atom is -0.481 e. The average molecular weight is 390 g/mol. The Morgan fingerprint density at radius 3 is 2.60 bits per heavy atom. The summed E-state index contributed by atoms with van der Waals surface area (Å²) < 4.78 is 31.9. The van der Waals surface area contributed by atoms with Crippen molar-refractivity contribution in [2.24, 2.45) is 5.41 Å². The monoisotopic (exact) mass is 390 g/mol. The molecule has 1 aromatic rings. The van der Waals surface area contributed by atoms with Crippen LogP contribution in [0.5, 0.6) is 0 Å². The van der Waals surface area contributed by atoms with Gasteiger partial charge in [-0.2, -0.15) is 4.31 Å². The molecule has 0 saturated carbocycles. The van der Waals surface area contributed by atoms with Gasteiger partial charge in [0.05, 0.1) is 18.6 Å². The number of nitrogens with one attached hydrogen (secondary N) is 1. The van der Waals surface area contributed by atoms with Crippen LogP contribution in [0.3, 0.4) is 0 Å². The van der Waals surface area contributed by atoms with E-state index in [4.69, 9.17) is 9.84 Å². The number of carboxylic acid groups (broad SMARTS) is 1. The number of carboxylic acids is 1. The SMILES string of the molecule is CC(C)(CCNC(=O)c1sccc1S(=O)(=O)N1CCOCC1)C(=O)O. The molecule has 2 rings (SSSR count). The summed E-state index contributed by atoms with van der Waals surface area (Å²) in [6.07, 6.45) is 0.241.